The fourth-order valence-corrected chi connectivity index (χ4v) is 3.41. The van der Waals surface area contributed by atoms with Crippen LogP contribution in [0.4, 0.5) is 5.69 Å². The number of aryl methyl sites for hydroxylation is 1. The minimum atomic E-state index is -0.811. The van der Waals surface area contributed by atoms with Crippen molar-refractivity contribution in [1.82, 2.24) is 9.78 Å². The molecule has 3 aromatic rings. The molecule has 3 rings (SSSR count). The summed E-state index contributed by atoms with van der Waals surface area (Å²) in [4.78, 5) is 25.9. The van der Waals surface area contributed by atoms with Crippen molar-refractivity contribution in [3.05, 3.63) is 80.7 Å². The van der Waals surface area contributed by atoms with Crippen LogP contribution in [0.3, 0.4) is 0 Å². The molecule has 162 valence electrons. The Balaban J connectivity index is 1.91. The van der Waals surface area contributed by atoms with Gasteiger partial charge in [-0.25, -0.2) is 4.68 Å². The number of carbonyl (C=O) groups is 1. The van der Waals surface area contributed by atoms with Crippen molar-refractivity contribution in [2.75, 3.05) is 19.5 Å². The average Bonchev–Trinajstić information content (AvgIpc) is 2.76. The largest absolute Gasteiger partial charge is 0.493 e. The quantitative estimate of drug-likeness (QED) is 0.599. The first-order valence-corrected chi connectivity index (χ1v) is 10.1. The maximum atomic E-state index is 13.2. The smallest absolute Gasteiger partial charge is 0.271 e. The van der Waals surface area contributed by atoms with Gasteiger partial charge in [-0.05, 0) is 50.2 Å². The molecule has 1 unspecified atom stereocenters. The topological polar surface area (TPSA) is 82.5 Å². The molecule has 0 bridgehead atoms. The summed E-state index contributed by atoms with van der Waals surface area (Å²) in [6, 6.07) is 13.2. The molecule has 1 heterocycles. The standard InChI is InChI=1S/C23H24ClN3O4/c1-14-12-17(13-16-6-5-7-20(30-3)21(16)31-4)23(29)27(26-14)15(2)22(28)25-19-10-8-18(24)9-11-19/h5-12,15H,13H2,1-4H3,(H,25,28). The van der Waals surface area contributed by atoms with Crippen LogP contribution >= 0.6 is 11.6 Å². The molecule has 0 fully saturated rings. The Bertz CT molecular complexity index is 1140. The Morgan fingerprint density at radius 1 is 1.13 bits per heavy atom. The van der Waals surface area contributed by atoms with E-state index >= 15 is 0 Å². The summed E-state index contributed by atoms with van der Waals surface area (Å²) in [5.74, 6) is 0.799. The number of hydrogen-bond acceptors (Lipinski definition) is 5. The van der Waals surface area contributed by atoms with E-state index in [1.807, 2.05) is 12.1 Å². The lowest BCUT2D eigenvalue weighted by atomic mass is 10.0. The molecule has 0 radical (unpaired) electrons. The van der Waals surface area contributed by atoms with E-state index in [-0.39, 0.29) is 11.5 Å². The van der Waals surface area contributed by atoms with Gasteiger partial charge in [0.1, 0.15) is 6.04 Å². The first-order valence-electron chi connectivity index (χ1n) is 9.69. The second-order valence-corrected chi connectivity index (χ2v) is 7.50. The van der Waals surface area contributed by atoms with Gasteiger partial charge in [-0.15, -0.1) is 0 Å². The zero-order valence-electron chi connectivity index (χ0n) is 17.8. The second kappa shape index (κ2) is 9.66. The van der Waals surface area contributed by atoms with Crippen molar-refractivity contribution in [1.29, 1.82) is 0 Å². The summed E-state index contributed by atoms with van der Waals surface area (Å²) in [7, 11) is 3.12. The number of methoxy groups -OCH3 is 2. The monoisotopic (exact) mass is 441 g/mol. The van der Waals surface area contributed by atoms with Gasteiger partial charge in [0.25, 0.3) is 5.56 Å². The van der Waals surface area contributed by atoms with Crippen molar-refractivity contribution in [3.8, 4) is 11.5 Å². The summed E-state index contributed by atoms with van der Waals surface area (Å²) in [5, 5.41) is 7.65. The third kappa shape index (κ3) is 5.06. The van der Waals surface area contributed by atoms with Gasteiger partial charge < -0.3 is 14.8 Å². The highest BCUT2D eigenvalue weighted by molar-refractivity contribution is 6.30. The minimum Gasteiger partial charge on any atom is -0.493 e. The van der Waals surface area contributed by atoms with Gasteiger partial charge in [-0.2, -0.15) is 5.10 Å². The van der Waals surface area contributed by atoms with Crippen molar-refractivity contribution in [2.24, 2.45) is 0 Å². The van der Waals surface area contributed by atoms with Crippen LogP contribution in [-0.2, 0) is 11.2 Å². The fraction of sp³-hybridized carbons (Fsp3) is 0.261. The summed E-state index contributed by atoms with van der Waals surface area (Å²) in [5.41, 5.74) is 2.18. The van der Waals surface area contributed by atoms with Crippen LogP contribution in [0, 0.1) is 6.92 Å². The lowest BCUT2D eigenvalue weighted by molar-refractivity contribution is -0.119. The normalized spacial score (nSPS) is 11.6. The number of rotatable bonds is 7. The van der Waals surface area contributed by atoms with Crippen LogP contribution in [-0.4, -0.2) is 29.9 Å². The Hall–Kier alpha value is -3.32. The van der Waals surface area contributed by atoms with Gasteiger partial charge in [-0.3, -0.25) is 9.59 Å². The maximum absolute atomic E-state index is 13.2. The molecular formula is C23H24ClN3O4. The number of amides is 1. The van der Waals surface area contributed by atoms with E-state index in [2.05, 4.69) is 10.4 Å². The Kier molecular flexibility index (Phi) is 6.97. The lowest BCUT2D eigenvalue weighted by Gasteiger charge is -2.17. The molecule has 8 heteroatoms. The third-order valence-corrected chi connectivity index (χ3v) is 5.11. The van der Waals surface area contributed by atoms with Crippen molar-refractivity contribution in [3.63, 3.8) is 0 Å². The Labute approximate surface area is 185 Å². The summed E-state index contributed by atoms with van der Waals surface area (Å²) in [6.07, 6.45) is 0.314. The molecule has 0 spiro atoms. The SMILES string of the molecule is COc1cccc(Cc2cc(C)nn(C(C)C(=O)Nc3ccc(Cl)cc3)c2=O)c1OC. The van der Waals surface area contributed by atoms with Gasteiger partial charge in [-0.1, -0.05) is 23.7 Å². The predicted octanol–water partition coefficient (Wildman–Crippen LogP) is 4.01. The molecule has 1 N–H and O–H groups in total. The van der Waals surface area contributed by atoms with Crippen LogP contribution < -0.4 is 20.3 Å². The number of para-hydroxylation sites is 1. The summed E-state index contributed by atoms with van der Waals surface area (Å²) in [6.45, 7) is 3.42. The molecule has 1 aromatic heterocycles. The van der Waals surface area contributed by atoms with Crippen molar-refractivity contribution < 1.29 is 14.3 Å². The molecule has 0 aliphatic carbocycles. The molecule has 31 heavy (non-hydrogen) atoms. The lowest BCUT2D eigenvalue weighted by Crippen LogP contribution is -2.35. The molecule has 0 aliphatic rings. The zero-order valence-corrected chi connectivity index (χ0v) is 18.6. The molecule has 0 aliphatic heterocycles. The van der Waals surface area contributed by atoms with Crippen LogP contribution in [0.15, 0.2) is 53.3 Å². The number of ether oxygens (including phenoxy) is 2. The van der Waals surface area contributed by atoms with E-state index in [4.69, 9.17) is 21.1 Å². The van der Waals surface area contributed by atoms with Gasteiger partial charge in [0.05, 0.1) is 19.9 Å². The second-order valence-electron chi connectivity index (χ2n) is 7.06. The van der Waals surface area contributed by atoms with E-state index in [0.29, 0.717) is 39.9 Å². The van der Waals surface area contributed by atoms with Crippen molar-refractivity contribution >= 4 is 23.2 Å². The van der Waals surface area contributed by atoms with Crippen LogP contribution in [0.2, 0.25) is 5.02 Å². The highest BCUT2D eigenvalue weighted by Gasteiger charge is 2.21. The number of carbonyl (C=O) groups excluding carboxylic acids is 1. The molecule has 2 aromatic carbocycles. The summed E-state index contributed by atoms with van der Waals surface area (Å²) >= 11 is 5.88. The van der Waals surface area contributed by atoms with Gasteiger partial charge in [0.2, 0.25) is 5.91 Å². The van der Waals surface area contributed by atoms with Crippen LogP contribution in [0.5, 0.6) is 11.5 Å². The molecule has 1 atom stereocenters. The predicted molar refractivity (Wildman–Crippen MR) is 120 cm³/mol. The van der Waals surface area contributed by atoms with E-state index < -0.39 is 6.04 Å². The molecule has 0 saturated carbocycles. The van der Waals surface area contributed by atoms with E-state index in [9.17, 15) is 9.59 Å². The molecular weight excluding hydrogens is 418 g/mol. The van der Waals surface area contributed by atoms with E-state index in [1.165, 1.54) is 4.68 Å². The van der Waals surface area contributed by atoms with E-state index in [0.717, 1.165) is 5.56 Å². The van der Waals surface area contributed by atoms with Gasteiger partial charge in [0, 0.05) is 28.3 Å². The number of anilines is 1. The third-order valence-electron chi connectivity index (χ3n) is 4.85. The number of aromatic nitrogens is 2. The number of hydrogen-bond donors (Lipinski definition) is 1. The highest BCUT2D eigenvalue weighted by atomic mass is 35.5. The maximum Gasteiger partial charge on any atom is 0.271 e. The first kappa shape index (κ1) is 22.4. The minimum absolute atomic E-state index is 0.314. The molecule has 1 amide bonds. The zero-order chi connectivity index (χ0) is 22.5. The number of nitrogens with one attached hydrogen (secondary N) is 1. The number of nitrogens with zero attached hydrogens (tertiary/aromatic N) is 2. The highest BCUT2D eigenvalue weighted by Crippen LogP contribution is 2.31. The van der Waals surface area contributed by atoms with Gasteiger partial charge >= 0.3 is 0 Å². The van der Waals surface area contributed by atoms with Crippen molar-refractivity contribution in [2.45, 2.75) is 26.3 Å². The number of benzene rings is 2. The fourth-order valence-electron chi connectivity index (χ4n) is 3.28. The Morgan fingerprint density at radius 2 is 1.84 bits per heavy atom. The van der Waals surface area contributed by atoms with E-state index in [1.54, 1.807) is 64.5 Å². The molecule has 7 nitrogen and oxygen atoms in total. The van der Waals surface area contributed by atoms with Gasteiger partial charge in [0.15, 0.2) is 11.5 Å². The van der Waals surface area contributed by atoms with Crippen LogP contribution in [0.1, 0.15) is 29.8 Å². The first-order chi connectivity index (χ1) is 14.8. The molecule has 0 saturated heterocycles. The van der Waals surface area contributed by atoms with Crippen LogP contribution in [0.25, 0.3) is 0 Å². The Morgan fingerprint density at radius 3 is 2.48 bits per heavy atom. The average molecular weight is 442 g/mol. The summed E-state index contributed by atoms with van der Waals surface area (Å²) < 4.78 is 12.0. The number of halogens is 1.